The third kappa shape index (κ3) is 28.3. The molecule has 0 aromatic heterocycles. The van der Waals surface area contributed by atoms with Crippen LogP contribution in [0.2, 0.25) is 0 Å². The molecular weight excluding hydrogens is 695 g/mol. The standard InChI is InChI=1S/C46H91NO8/c1-3-5-7-8-9-10-11-12-13-14-15-16-17-18-19-20-21-22-23-24-25-26-27-28-29-30-31-32-34-35-40(49)39(47-42(50)36-33-6-4-2)38-54-46-45(53)44(52)43(51)41(37-48)55-46/h39-41,43-46,48-49,51-53H,3-38H2,1-2H3,(H,47,50). The third-order valence-electron chi connectivity index (χ3n) is 11.7. The monoisotopic (exact) mass is 786 g/mol. The summed E-state index contributed by atoms with van der Waals surface area (Å²) in [6, 6.07) is -0.708. The second kappa shape index (κ2) is 37.5. The Morgan fingerprint density at radius 3 is 1.29 bits per heavy atom. The number of hydrogen-bond donors (Lipinski definition) is 6. The third-order valence-corrected chi connectivity index (χ3v) is 11.7. The molecule has 1 rings (SSSR count). The summed E-state index contributed by atoms with van der Waals surface area (Å²) in [6.07, 6.45) is 35.2. The fourth-order valence-electron chi connectivity index (χ4n) is 7.87. The number of carbonyl (C=O) groups excluding carboxylic acids is 1. The maximum atomic E-state index is 12.6. The van der Waals surface area contributed by atoms with Gasteiger partial charge in [-0.05, 0) is 12.8 Å². The molecule has 0 saturated carbocycles. The van der Waals surface area contributed by atoms with Crippen molar-refractivity contribution in [2.75, 3.05) is 13.2 Å². The summed E-state index contributed by atoms with van der Waals surface area (Å²) in [5.41, 5.74) is 0. The zero-order valence-electron chi connectivity index (χ0n) is 36.0. The van der Waals surface area contributed by atoms with Crippen LogP contribution in [0, 0.1) is 0 Å². The zero-order valence-corrected chi connectivity index (χ0v) is 36.0. The highest BCUT2D eigenvalue weighted by Crippen LogP contribution is 2.23. The molecule has 0 bridgehead atoms. The topological polar surface area (TPSA) is 149 Å². The molecule has 1 heterocycles. The van der Waals surface area contributed by atoms with Gasteiger partial charge in [-0.2, -0.15) is 0 Å². The SMILES string of the molecule is CCCCCCCCCCCCCCCCCCCCCCCCCCCCCCCC(O)C(COC1OC(CO)C(O)C(O)C1O)NC(=O)CCCCC. The van der Waals surface area contributed by atoms with Gasteiger partial charge in [0.05, 0.1) is 25.4 Å². The van der Waals surface area contributed by atoms with Crippen molar-refractivity contribution in [1.82, 2.24) is 5.32 Å². The Kier molecular flexibility index (Phi) is 35.6. The highest BCUT2D eigenvalue weighted by molar-refractivity contribution is 5.76. The summed E-state index contributed by atoms with van der Waals surface area (Å²) < 4.78 is 11.1. The van der Waals surface area contributed by atoms with E-state index >= 15 is 0 Å². The summed E-state index contributed by atoms with van der Waals surface area (Å²) in [6.45, 7) is 3.68. The van der Waals surface area contributed by atoms with Gasteiger partial charge in [0.2, 0.25) is 5.91 Å². The van der Waals surface area contributed by atoms with Crippen LogP contribution in [0.5, 0.6) is 0 Å². The van der Waals surface area contributed by atoms with E-state index in [1.165, 1.54) is 167 Å². The van der Waals surface area contributed by atoms with Gasteiger partial charge in [-0.3, -0.25) is 4.79 Å². The van der Waals surface area contributed by atoms with Crippen LogP contribution in [0.4, 0.5) is 0 Å². The maximum Gasteiger partial charge on any atom is 0.220 e. The Hall–Kier alpha value is -0.810. The maximum absolute atomic E-state index is 12.6. The normalized spacial score (nSPS) is 21.2. The van der Waals surface area contributed by atoms with E-state index in [1.54, 1.807) is 0 Å². The van der Waals surface area contributed by atoms with Crippen molar-refractivity contribution in [3.8, 4) is 0 Å². The number of nitrogens with one attached hydrogen (secondary N) is 1. The molecule has 9 nitrogen and oxygen atoms in total. The minimum Gasteiger partial charge on any atom is -0.394 e. The smallest absolute Gasteiger partial charge is 0.220 e. The number of amides is 1. The Labute approximate surface area is 338 Å². The molecule has 7 atom stereocenters. The molecule has 1 aliphatic heterocycles. The molecule has 6 N–H and O–H groups in total. The van der Waals surface area contributed by atoms with Gasteiger partial charge < -0.3 is 40.3 Å². The van der Waals surface area contributed by atoms with Gasteiger partial charge in [0.25, 0.3) is 0 Å². The van der Waals surface area contributed by atoms with Crippen molar-refractivity contribution in [3.05, 3.63) is 0 Å². The summed E-state index contributed by atoms with van der Waals surface area (Å²) in [7, 11) is 0. The Morgan fingerprint density at radius 2 is 0.909 bits per heavy atom. The molecule has 0 aromatic rings. The number of ether oxygens (including phenoxy) is 2. The molecule has 0 aliphatic carbocycles. The highest BCUT2D eigenvalue weighted by Gasteiger charge is 2.44. The largest absolute Gasteiger partial charge is 0.394 e. The molecule has 1 aliphatic rings. The second-order valence-corrected chi connectivity index (χ2v) is 16.9. The molecule has 0 spiro atoms. The highest BCUT2D eigenvalue weighted by atomic mass is 16.7. The van der Waals surface area contributed by atoms with Gasteiger partial charge in [-0.1, -0.05) is 213 Å². The van der Waals surface area contributed by atoms with Crippen LogP contribution >= 0.6 is 0 Å². The second-order valence-electron chi connectivity index (χ2n) is 16.9. The van der Waals surface area contributed by atoms with E-state index in [1.807, 2.05) is 0 Å². The van der Waals surface area contributed by atoms with E-state index in [0.29, 0.717) is 12.8 Å². The van der Waals surface area contributed by atoms with Crippen LogP contribution in [-0.2, 0) is 14.3 Å². The Balaban J connectivity index is 2.01. The molecule has 9 heteroatoms. The van der Waals surface area contributed by atoms with Crippen molar-refractivity contribution in [2.45, 2.75) is 275 Å². The first-order valence-electron chi connectivity index (χ1n) is 23.7. The summed E-state index contributed by atoms with van der Waals surface area (Å²) in [4.78, 5) is 12.6. The van der Waals surface area contributed by atoms with E-state index in [4.69, 9.17) is 9.47 Å². The summed E-state index contributed by atoms with van der Waals surface area (Å²) in [5.74, 6) is -0.166. The van der Waals surface area contributed by atoms with Crippen LogP contribution in [-0.4, -0.2) is 87.5 Å². The van der Waals surface area contributed by atoms with Crippen LogP contribution in [0.1, 0.15) is 232 Å². The fraction of sp³-hybridized carbons (Fsp3) is 0.978. The van der Waals surface area contributed by atoms with Gasteiger partial charge in [0.15, 0.2) is 6.29 Å². The van der Waals surface area contributed by atoms with Crippen molar-refractivity contribution in [1.29, 1.82) is 0 Å². The average Bonchev–Trinajstić information content (AvgIpc) is 3.18. The first kappa shape index (κ1) is 52.2. The number of aliphatic hydroxyl groups excluding tert-OH is 5. The molecule has 328 valence electrons. The van der Waals surface area contributed by atoms with Gasteiger partial charge in [0.1, 0.15) is 24.4 Å². The number of hydrogen-bond acceptors (Lipinski definition) is 8. The first-order valence-corrected chi connectivity index (χ1v) is 23.7. The molecule has 7 unspecified atom stereocenters. The van der Waals surface area contributed by atoms with Crippen LogP contribution in [0.25, 0.3) is 0 Å². The number of carbonyl (C=O) groups is 1. The average molecular weight is 786 g/mol. The quantitative estimate of drug-likeness (QED) is 0.0337. The van der Waals surface area contributed by atoms with E-state index in [0.717, 1.165) is 38.5 Å². The summed E-state index contributed by atoms with van der Waals surface area (Å²) >= 11 is 0. The number of rotatable bonds is 40. The lowest BCUT2D eigenvalue weighted by atomic mass is 9.99. The fourth-order valence-corrected chi connectivity index (χ4v) is 7.87. The van der Waals surface area contributed by atoms with E-state index in [2.05, 4.69) is 19.2 Å². The van der Waals surface area contributed by atoms with Crippen LogP contribution in [0.15, 0.2) is 0 Å². The predicted octanol–water partition coefficient (Wildman–Crippen LogP) is 9.95. The number of aliphatic hydroxyl groups is 5. The Morgan fingerprint density at radius 1 is 0.545 bits per heavy atom. The van der Waals surface area contributed by atoms with Gasteiger partial charge in [-0.15, -0.1) is 0 Å². The summed E-state index contributed by atoms with van der Waals surface area (Å²) in [5, 5.41) is 53.8. The van der Waals surface area contributed by atoms with Crippen molar-refractivity contribution < 1.29 is 39.8 Å². The molecule has 1 amide bonds. The molecule has 0 radical (unpaired) electrons. The van der Waals surface area contributed by atoms with Crippen molar-refractivity contribution in [3.63, 3.8) is 0 Å². The van der Waals surface area contributed by atoms with Crippen LogP contribution in [0.3, 0.4) is 0 Å². The predicted molar refractivity (Wildman–Crippen MR) is 226 cm³/mol. The Bertz CT molecular complexity index is 832. The molecule has 0 aromatic carbocycles. The van der Waals surface area contributed by atoms with E-state index < -0.39 is 49.5 Å². The van der Waals surface area contributed by atoms with Crippen molar-refractivity contribution >= 4 is 5.91 Å². The first-order chi connectivity index (χ1) is 26.8. The molecule has 1 saturated heterocycles. The lowest BCUT2D eigenvalue weighted by Gasteiger charge is -2.40. The minimum atomic E-state index is -1.55. The minimum absolute atomic E-state index is 0.136. The van der Waals surface area contributed by atoms with Crippen LogP contribution < -0.4 is 5.32 Å². The van der Waals surface area contributed by atoms with Gasteiger partial charge >= 0.3 is 0 Å². The van der Waals surface area contributed by atoms with E-state index in [9.17, 15) is 30.3 Å². The van der Waals surface area contributed by atoms with Gasteiger partial charge in [0, 0.05) is 6.42 Å². The molecule has 1 fully saturated rings. The molecule has 55 heavy (non-hydrogen) atoms. The lowest BCUT2D eigenvalue weighted by molar-refractivity contribution is -0.302. The number of unbranched alkanes of at least 4 members (excludes halogenated alkanes) is 30. The lowest BCUT2D eigenvalue weighted by Crippen LogP contribution is -2.60. The zero-order chi connectivity index (χ0) is 40.2. The van der Waals surface area contributed by atoms with Crippen molar-refractivity contribution in [2.24, 2.45) is 0 Å². The van der Waals surface area contributed by atoms with E-state index in [-0.39, 0.29) is 12.5 Å². The van der Waals surface area contributed by atoms with Gasteiger partial charge in [-0.25, -0.2) is 0 Å². The molecular formula is C46H91NO8.